The summed E-state index contributed by atoms with van der Waals surface area (Å²) >= 11 is 0. The van der Waals surface area contributed by atoms with E-state index in [4.69, 9.17) is 5.73 Å². The van der Waals surface area contributed by atoms with Gasteiger partial charge in [-0.1, -0.05) is 12.2 Å². The monoisotopic (exact) mass is 181 g/mol. The van der Waals surface area contributed by atoms with Gasteiger partial charge < -0.3 is 10.3 Å². The molecule has 1 aromatic rings. The zero-order valence-electron chi connectivity index (χ0n) is 7.28. The number of aromatic amines is 1. The number of rotatable bonds is 2. The summed E-state index contributed by atoms with van der Waals surface area (Å²) < 4.78 is 1.30. The lowest BCUT2D eigenvalue weighted by atomic mass is 10.3. The summed E-state index contributed by atoms with van der Waals surface area (Å²) in [4.78, 5) is 24.2. The van der Waals surface area contributed by atoms with Crippen molar-refractivity contribution in [2.45, 2.75) is 0 Å². The van der Waals surface area contributed by atoms with E-state index in [1.165, 1.54) is 10.8 Å². The first-order valence-electron chi connectivity index (χ1n) is 3.81. The van der Waals surface area contributed by atoms with Crippen LogP contribution in [-0.2, 0) is 7.05 Å². The third-order valence-electron chi connectivity index (χ3n) is 1.57. The van der Waals surface area contributed by atoms with Crippen LogP contribution in [0, 0.1) is 0 Å². The van der Waals surface area contributed by atoms with Crippen molar-refractivity contribution in [3.63, 3.8) is 0 Å². The van der Waals surface area contributed by atoms with Crippen LogP contribution in [0.2, 0.25) is 0 Å². The Bertz CT molecular complexity index is 428. The van der Waals surface area contributed by atoms with Gasteiger partial charge in [-0.15, -0.1) is 0 Å². The second-order valence-electron chi connectivity index (χ2n) is 2.59. The van der Waals surface area contributed by atoms with E-state index in [0.717, 1.165) is 0 Å². The first-order chi connectivity index (χ1) is 6.15. The molecule has 0 aliphatic rings. The van der Waals surface area contributed by atoms with E-state index in [0.29, 0.717) is 12.1 Å². The first kappa shape index (κ1) is 9.47. The number of H-pyrrole nitrogens is 1. The van der Waals surface area contributed by atoms with E-state index in [2.05, 4.69) is 4.98 Å². The summed E-state index contributed by atoms with van der Waals surface area (Å²) in [6.45, 7) is 0.363. The van der Waals surface area contributed by atoms with Crippen molar-refractivity contribution < 1.29 is 0 Å². The second kappa shape index (κ2) is 3.86. The number of aromatic nitrogens is 2. The van der Waals surface area contributed by atoms with Crippen molar-refractivity contribution in [2.24, 2.45) is 12.8 Å². The molecule has 0 amide bonds. The van der Waals surface area contributed by atoms with Gasteiger partial charge >= 0.3 is 5.69 Å². The molecule has 0 aromatic carbocycles. The molecule has 5 heteroatoms. The molecule has 5 nitrogen and oxygen atoms in total. The molecule has 0 aliphatic heterocycles. The van der Waals surface area contributed by atoms with Crippen LogP contribution in [0.3, 0.4) is 0 Å². The lowest BCUT2D eigenvalue weighted by Crippen LogP contribution is -2.28. The lowest BCUT2D eigenvalue weighted by Gasteiger charge is -1.96. The van der Waals surface area contributed by atoms with E-state index in [1.807, 2.05) is 0 Å². The second-order valence-corrected chi connectivity index (χ2v) is 2.59. The van der Waals surface area contributed by atoms with Crippen molar-refractivity contribution in [2.75, 3.05) is 6.54 Å². The normalized spacial score (nSPS) is 10.9. The molecular weight excluding hydrogens is 170 g/mol. The van der Waals surface area contributed by atoms with Gasteiger partial charge in [-0.2, -0.15) is 0 Å². The fourth-order valence-electron chi connectivity index (χ4n) is 0.897. The van der Waals surface area contributed by atoms with Gasteiger partial charge in [0.2, 0.25) is 0 Å². The molecule has 0 unspecified atom stereocenters. The van der Waals surface area contributed by atoms with Gasteiger partial charge in [0.15, 0.2) is 0 Å². The molecule has 13 heavy (non-hydrogen) atoms. The number of nitrogens with zero attached hydrogens (tertiary/aromatic N) is 1. The fourth-order valence-corrected chi connectivity index (χ4v) is 0.897. The van der Waals surface area contributed by atoms with Crippen LogP contribution >= 0.6 is 0 Å². The highest BCUT2D eigenvalue weighted by molar-refractivity contribution is 5.46. The van der Waals surface area contributed by atoms with Gasteiger partial charge in [0.25, 0.3) is 5.56 Å². The fraction of sp³-hybridized carbons (Fsp3) is 0.250. The van der Waals surface area contributed by atoms with E-state index >= 15 is 0 Å². The predicted octanol–water partition coefficient (Wildman–Crippen LogP) is -0.954. The molecule has 1 aromatic heterocycles. The van der Waals surface area contributed by atoms with E-state index in [1.54, 1.807) is 19.2 Å². The van der Waals surface area contributed by atoms with Gasteiger partial charge in [0.1, 0.15) is 0 Å². The maximum Gasteiger partial charge on any atom is 0.328 e. The molecule has 1 heterocycles. The molecular formula is C8H11N3O2. The zero-order chi connectivity index (χ0) is 9.84. The molecule has 0 aliphatic carbocycles. The minimum Gasteiger partial charge on any atom is -0.327 e. The summed E-state index contributed by atoms with van der Waals surface area (Å²) in [5.41, 5.74) is 4.83. The molecule has 70 valence electrons. The Morgan fingerprint density at radius 1 is 1.62 bits per heavy atom. The minimum atomic E-state index is -0.421. The molecule has 0 atom stereocenters. The number of hydrogen-bond acceptors (Lipinski definition) is 3. The molecule has 0 bridgehead atoms. The highest BCUT2D eigenvalue weighted by Gasteiger charge is 1.97. The summed E-state index contributed by atoms with van der Waals surface area (Å²) in [6, 6.07) is 0. The average Bonchev–Trinajstić information content (AvgIpc) is 2.09. The van der Waals surface area contributed by atoms with Crippen molar-refractivity contribution in [3.05, 3.63) is 38.7 Å². The molecule has 0 radical (unpaired) electrons. The molecule has 3 N–H and O–H groups in total. The third kappa shape index (κ3) is 2.16. The molecule has 0 saturated carbocycles. The highest BCUT2D eigenvalue weighted by atomic mass is 16.2. The Kier molecular flexibility index (Phi) is 2.81. The number of aryl methyl sites for hydroxylation is 1. The topological polar surface area (TPSA) is 80.9 Å². The molecule has 0 fully saturated rings. The maximum absolute atomic E-state index is 11.1. The highest BCUT2D eigenvalue weighted by Crippen LogP contribution is 1.89. The van der Waals surface area contributed by atoms with Gasteiger partial charge in [-0.3, -0.25) is 9.78 Å². The Balaban J connectivity index is 3.24. The van der Waals surface area contributed by atoms with Crippen LogP contribution in [0.5, 0.6) is 0 Å². The van der Waals surface area contributed by atoms with Gasteiger partial charge in [0, 0.05) is 19.8 Å². The van der Waals surface area contributed by atoms with Crippen molar-refractivity contribution >= 4 is 6.08 Å². The Morgan fingerprint density at radius 3 is 2.92 bits per heavy atom. The van der Waals surface area contributed by atoms with Gasteiger partial charge in [-0.05, 0) is 0 Å². The lowest BCUT2D eigenvalue weighted by molar-refractivity contribution is 0.796. The average molecular weight is 181 g/mol. The van der Waals surface area contributed by atoms with E-state index < -0.39 is 11.2 Å². The summed E-state index contributed by atoms with van der Waals surface area (Å²) in [5, 5.41) is 0. The molecule has 0 spiro atoms. The van der Waals surface area contributed by atoms with Crippen molar-refractivity contribution in [1.29, 1.82) is 0 Å². The van der Waals surface area contributed by atoms with Crippen LogP contribution in [0.4, 0.5) is 0 Å². The SMILES string of the molecule is Cn1cc(/C=C/CN)c(=O)[nH]c1=O. The Hall–Kier alpha value is -1.62. The van der Waals surface area contributed by atoms with Crippen molar-refractivity contribution in [3.8, 4) is 0 Å². The van der Waals surface area contributed by atoms with Crippen LogP contribution < -0.4 is 17.0 Å². The summed E-state index contributed by atoms with van der Waals surface area (Å²) in [7, 11) is 1.57. The van der Waals surface area contributed by atoms with Crippen LogP contribution in [0.1, 0.15) is 5.56 Å². The van der Waals surface area contributed by atoms with E-state index in [-0.39, 0.29) is 0 Å². The van der Waals surface area contributed by atoms with Gasteiger partial charge in [0.05, 0.1) is 5.56 Å². The van der Waals surface area contributed by atoms with Crippen molar-refractivity contribution in [1.82, 2.24) is 9.55 Å². The number of hydrogen-bond donors (Lipinski definition) is 2. The van der Waals surface area contributed by atoms with Crippen LogP contribution in [0.15, 0.2) is 21.9 Å². The van der Waals surface area contributed by atoms with Crippen LogP contribution in [-0.4, -0.2) is 16.1 Å². The number of nitrogens with two attached hydrogens (primary N) is 1. The molecule has 0 saturated heterocycles. The zero-order valence-corrected chi connectivity index (χ0v) is 7.28. The largest absolute Gasteiger partial charge is 0.328 e. The smallest absolute Gasteiger partial charge is 0.327 e. The van der Waals surface area contributed by atoms with Gasteiger partial charge in [-0.25, -0.2) is 4.79 Å². The third-order valence-corrected chi connectivity index (χ3v) is 1.57. The Labute approximate surface area is 74.5 Å². The standard InChI is InChI=1S/C8H11N3O2/c1-11-5-6(3-2-4-9)7(12)10-8(11)13/h2-3,5H,4,9H2,1H3,(H,10,12,13)/b3-2+. The first-order valence-corrected chi connectivity index (χ1v) is 3.81. The summed E-state index contributed by atoms with van der Waals surface area (Å²) in [5.74, 6) is 0. The summed E-state index contributed by atoms with van der Waals surface area (Å²) in [6.07, 6.45) is 4.70. The number of nitrogens with one attached hydrogen (secondary N) is 1. The Morgan fingerprint density at radius 2 is 2.31 bits per heavy atom. The quantitative estimate of drug-likeness (QED) is 0.617. The predicted molar refractivity (Wildman–Crippen MR) is 50.4 cm³/mol. The van der Waals surface area contributed by atoms with Crippen LogP contribution in [0.25, 0.3) is 6.08 Å². The minimum absolute atomic E-state index is 0.363. The van der Waals surface area contributed by atoms with E-state index in [9.17, 15) is 9.59 Å². The maximum atomic E-state index is 11.1. The molecule has 1 rings (SSSR count).